The summed E-state index contributed by atoms with van der Waals surface area (Å²) in [7, 11) is 1.98. The molecular weight excluding hydrogens is 238 g/mol. The Bertz CT molecular complexity index is 577. The Morgan fingerprint density at radius 2 is 2.16 bits per heavy atom. The van der Waals surface area contributed by atoms with E-state index in [1.165, 1.54) is 24.1 Å². The van der Waals surface area contributed by atoms with Crippen molar-refractivity contribution in [2.24, 2.45) is 7.05 Å². The van der Waals surface area contributed by atoms with Gasteiger partial charge in [-0.05, 0) is 26.2 Å². The predicted molar refractivity (Wildman–Crippen MR) is 75.3 cm³/mol. The fraction of sp³-hybridized carbons (Fsp3) is 0.571. The lowest BCUT2D eigenvalue weighted by molar-refractivity contribution is 0.746. The van der Waals surface area contributed by atoms with Gasteiger partial charge in [-0.1, -0.05) is 6.92 Å². The highest BCUT2D eigenvalue weighted by atomic mass is 15.3. The zero-order valence-electron chi connectivity index (χ0n) is 11.8. The molecule has 1 fully saturated rings. The van der Waals surface area contributed by atoms with E-state index in [0.29, 0.717) is 6.04 Å². The Balaban J connectivity index is 1.84. The second kappa shape index (κ2) is 4.72. The average Bonchev–Trinajstić information content (AvgIpc) is 3.01. The summed E-state index contributed by atoms with van der Waals surface area (Å²) < 4.78 is 4.09. The van der Waals surface area contributed by atoms with Gasteiger partial charge >= 0.3 is 0 Å². The molecule has 102 valence electrons. The zero-order valence-corrected chi connectivity index (χ0v) is 11.8. The number of hydrogen-bond donors (Lipinski definition) is 1. The molecule has 3 rings (SSSR count). The Hall–Kier alpha value is -1.78. The predicted octanol–water partition coefficient (Wildman–Crippen LogP) is 2.11. The molecule has 0 saturated heterocycles. The maximum atomic E-state index is 4.57. The summed E-state index contributed by atoms with van der Waals surface area (Å²) in [6.07, 6.45) is 7.71. The van der Waals surface area contributed by atoms with E-state index in [2.05, 4.69) is 39.3 Å². The number of aromatic nitrogens is 4. The fourth-order valence-corrected chi connectivity index (χ4v) is 2.39. The molecule has 0 aliphatic heterocycles. The molecule has 2 aromatic heterocycles. The standard InChI is InChI=1S/C14H21N5/c1-4-13-11(8-18(3)17-13)9-19-7-10(2)15-14(19)16-12-5-6-12/h7-8,12H,4-6,9H2,1-3H3,(H,15,16). The van der Waals surface area contributed by atoms with E-state index >= 15 is 0 Å². The van der Waals surface area contributed by atoms with E-state index in [1.807, 2.05) is 18.7 Å². The first kappa shape index (κ1) is 12.3. The maximum Gasteiger partial charge on any atom is 0.203 e. The minimum atomic E-state index is 0.625. The van der Waals surface area contributed by atoms with Gasteiger partial charge in [-0.25, -0.2) is 4.98 Å². The monoisotopic (exact) mass is 259 g/mol. The molecule has 5 heteroatoms. The third-order valence-electron chi connectivity index (χ3n) is 3.47. The van der Waals surface area contributed by atoms with Gasteiger partial charge in [-0.3, -0.25) is 4.68 Å². The minimum Gasteiger partial charge on any atom is -0.353 e. The van der Waals surface area contributed by atoms with Gasteiger partial charge in [0.1, 0.15) is 0 Å². The molecule has 0 spiro atoms. The topological polar surface area (TPSA) is 47.7 Å². The minimum absolute atomic E-state index is 0.625. The number of nitrogens with zero attached hydrogens (tertiary/aromatic N) is 4. The van der Waals surface area contributed by atoms with Crippen LogP contribution in [0.5, 0.6) is 0 Å². The van der Waals surface area contributed by atoms with Crippen LogP contribution < -0.4 is 5.32 Å². The SMILES string of the molecule is CCc1nn(C)cc1Cn1cc(C)nc1NC1CC1. The quantitative estimate of drug-likeness (QED) is 0.894. The fourth-order valence-electron chi connectivity index (χ4n) is 2.39. The van der Waals surface area contributed by atoms with Crippen molar-refractivity contribution in [2.45, 2.75) is 45.7 Å². The molecule has 1 aliphatic carbocycles. The number of rotatable bonds is 5. The van der Waals surface area contributed by atoms with Gasteiger partial charge in [0, 0.05) is 31.0 Å². The maximum absolute atomic E-state index is 4.57. The molecule has 0 atom stereocenters. The molecule has 1 aliphatic rings. The highest BCUT2D eigenvalue weighted by molar-refractivity contribution is 5.33. The summed E-state index contributed by atoms with van der Waals surface area (Å²) in [5.41, 5.74) is 3.51. The Morgan fingerprint density at radius 3 is 2.84 bits per heavy atom. The van der Waals surface area contributed by atoms with Crippen LogP contribution in [0.2, 0.25) is 0 Å². The van der Waals surface area contributed by atoms with Crippen molar-refractivity contribution in [3.05, 3.63) is 29.3 Å². The van der Waals surface area contributed by atoms with E-state index in [0.717, 1.165) is 24.6 Å². The molecule has 0 aromatic carbocycles. The summed E-state index contributed by atoms with van der Waals surface area (Å²) in [4.78, 5) is 4.57. The third kappa shape index (κ3) is 2.64. The first-order chi connectivity index (χ1) is 9.15. The smallest absolute Gasteiger partial charge is 0.203 e. The van der Waals surface area contributed by atoms with E-state index in [9.17, 15) is 0 Å². The molecular formula is C14H21N5. The summed E-state index contributed by atoms with van der Waals surface area (Å²) in [5.74, 6) is 0.992. The van der Waals surface area contributed by atoms with Crippen LogP contribution in [0, 0.1) is 6.92 Å². The molecule has 0 radical (unpaired) electrons. The molecule has 0 unspecified atom stereocenters. The van der Waals surface area contributed by atoms with Crippen molar-refractivity contribution in [3.63, 3.8) is 0 Å². The Morgan fingerprint density at radius 1 is 1.37 bits per heavy atom. The third-order valence-corrected chi connectivity index (χ3v) is 3.47. The van der Waals surface area contributed by atoms with Crippen LogP contribution in [-0.2, 0) is 20.0 Å². The van der Waals surface area contributed by atoms with Gasteiger partial charge in [0.15, 0.2) is 0 Å². The van der Waals surface area contributed by atoms with Gasteiger partial charge in [0.25, 0.3) is 0 Å². The molecule has 19 heavy (non-hydrogen) atoms. The largest absolute Gasteiger partial charge is 0.353 e. The van der Waals surface area contributed by atoms with E-state index in [-0.39, 0.29) is 0 Å². The number of nitrogens with one attached hydrogen (secondary N) is 1. The summed E-state index contributed by atoms with van der Waals surface area (Å²) in [6, 6.07) is 0.625. The lowest BCUT2D eigenvalue weighted by Crippen LogP contribution is -2.10. The Kier molecular flexibility index (Phi) is 3.05. The molecule has 0 amide bonds. The van der Waals surface area contributed by atoms with E-state index in [4.69, 9.17) is 0 Å². The molecule has 1 N–H and O–H groups in total. The zero-order chi connectivity index (χ0) is 13.4. The number of anilines is 1. The molecule has 5 nitrogen and oxygen atoms in total. The number of aryl methyl sites for hydroxylation is 3. The molecule has 2 heterocycles. The highest BCUT2D eigenvalue weighted by Crippen LogP contribution is 2.25. The summed E-state index contributed by atoms with van der Waals surface area (Å²) in [6.45, 7) is 5.03. The Labute approximate surface area is 113 Å². The van der Waals surface area contributed by atoms with E-state index in [1.54, 1.807) is 0 Å². The van der Waals surface area contributed by atoms with Crippen LogP contribution in [0.15, 0.2) is 12.4 Å². The van der Waals surface area contributed by atoms with Gasteiger partial charge in [0.05, 0.1) is 17.9 Å². The van der Waals surface area contributed by atoms with Crippen molar-refractivity contribution in [1.29, 1.82) is 0 Å². The van der Waals surface area contributed by atoms with Crippen molar-refractivity contribution < 1.29 is 0 Å². The highest BCUT2D eigenvalue weighted by Gasteiger charge is 2.23. The van der Waals surface area contributed by atoms with Gasteiger partial charge in [0.2, 0.25) is 5.95 Å². The van der Waals surface area contributed by atoms with Crippen LogP contribution in [0.25, 0.3) is 0 Å². The summed E-state index contributed by atoms with van der Waals surface area (Å²) in [5, 5.41) is 7.99. The summed E-state index contributed by atoms with van der Waals surface area (Å²) >= 11 is 0. The molecule has 0 bridgehead atoms. The number of imidazole rings is 1. The second-order valence-electron chi connectivity index (χ2n) is 5.38. The van der Waals surface area contributed by atoms with Crippen molar-refractivity contribution >= 4 is 5.95 Å². The normalized spacial score (nSPS) is 14.9. The van der Waals surface area contributed by atoms with Crippen molar-refractivity contribution in [1.82, 2.24) is 19.3 Å². The lowest BCUT2D eigenvalue weighted by atomic mass is 10.2. The molecule has 1 saturated carbocycles. The second-order valence-corrected chi connectivity index (χ2v) is 5.38. The van der Waals surface area contributed by atoms with Gasteiger partial charge in [-0.15, -0.1) is 0 Å². The first-order valence-electron chi connectivity index (χ1n) is 6.97. The van der Waals surface area contributed by atoms with Gasteiger partial charge < -0.3 is 9.88 Å². The van der Waals surface area contributed by atoms with Crippen LogP contribution >= 0.6 is 0 Å². The average molecular weight is 259 g/mol. The lowest BCUT2D eigenvalue weighted by Gasteiger charge is -2.08. The van der Waals surface area contributed by atoms with Gasteiger partial charge in [-0.2, -0.15) is 5.10 Å². The van der Waals surface area contributed by atoms with Crippen LogP contribution in [0.1, 0.15) is 36.7 Å². The van der Waals surface area contributed by atoms with Crippen LogP contribution in [-0.4, -0.2) is 25.4 Å². The van der Waals surface area contributed by atoms with E-state index < -0.39 is 0 Å². The van der Waals surface area contributed by atoms with Crippen LogP contribution in [0.3, 0.4) is 0 Å². The molecule has 2 aromatic rings. The van der Waals surface area contributed by atoms with Crippen molar-refractivity contribution in [3.8, 4) is 0 Å². The first-order valence-corrected chi connectivity index (χ1v) is 6.97. The van der Waals surface area contributed by atoms with Crippen molar-refractivity contribution in [2.75, 3.05) is 5.32 Å². The number of hydrogen-bond acceptors (Lipinski definition) is 3. The van der Waals surface area contributed by atoms with Crippen LogP contribution in [0.4, 0.5) is 5.95 Å².